The second-order valence-electron chi connectivity index (χ2n) is 4.61. The summed E-state index contributed by atoms with van der Waals surface area (Å²) in [5.41, 5.74) is 6.10. The van der Waals surface area contributed by atoms with Crippen molar-refractivity contribution in [3.05, 3.63) is 47.5 Å². The monoisotopic (exact) mass is 296 g/mol. The molecule has 0 saturated carbocycles. The second kappa shape index (κ2) is 5.55. The molecule has 2 aromatic rings. The van der Waals surface area contributed by atoms with E-state index in [0.717, 1.165) is 11.6 Å². The number of aryl methyl sites for hydroxylation is 1. The summed E-state index contributed by atoms with van der Waals surface area (Å²) >= 11 is 0. The molecule has 0 radical (unpaired) electrons. The Morgan fingerprint density at radius 3 is 2.24 bits per heavy atom. The Balaban J connectivity index is 2.30. The van der Waals surface area contributed by atoms with Crippen molar-refractivity contribution in [2.24, 2.45) is 0 Å². The van der Waals surface area contributed by atoms with Gasteiger partial charge in [0.15, 0.2) is 0 Å². The standard InChI is InChI=1S/C15H15F3N2O/c1-9-7-10(4-6-14(9)21-2)20-11-3-5-13(19)12(8-11)15(16,17)18/h3-8,20H,19H2,1-2H3. The fraction of sp³-hybridized carbons (Fsp3) is 0.200. The first-order valence-electron chi connectivity index (χ1n) is 6.19. The second-order valence-corrected chi connectivity index (χ2v) is 4.61. The van der Waals surface area contributed by atoms with Gasteiger partial charge >= 0.3 is 6.18 Å². The van der Waals surface area contributed by atoms with Crippen molar-refractivity contribution in [1.82, 2.24) is 0 Å². The summed E-state index contributed by atoms with van der Waals surface area (Å²) in [5, 5.41) is 2.92. The van der Waals surface area contributed by atoms with Gasteiger partial charge in [0.25, 0.3) is 0 Å². The molecule has 0 aromatic heterocycles. The smallest absolute Gasteiger partial charge is 0.418 e. The van der Waals surface area contributed by atoms with Crippen molar-refractivity contribution in [2.45, 2.75) is 13.1 Å². The van der Waals surface area contributed by atoms with E-state index in [4.69, 9.17) is 10.5 Å². The van der Waals surface area contributed by atoms with Crippen molar-refractivity contribution in [1.29, 1.82) is 0 Å². The first-order chi connectivity index (χ1) is 9.81. The number of hydrogen-bond donors (Lipinski definition) is 2. The van der Waals surface area contributed by atoms with Gasteiger partial charge in [0, 0.05) is 17.1 Å². The number of nitrogen functional groups attached to an aromatic ring is 1. The summed E-state index contributed by atoms with van der Waals surface area (Å²) in [6.07, 6.45) is -4.47. The van der Waals surface area contributed by atoms with E-state index in [1.54, 1.807) is 25.3 Å². The molecule has 2 rings (SSSR count). The van der Waals surface area contributed by atoms with Crippen LogP contribution in [0.5, 0.6) is 5.75 Å². The average Bonchev–Trinajstić information content (AvgIpc) is 2.40. The number of ether oxygens (including phenoxy) is 1. The lowest BCUT2D eigenvalue weighted by atomic mass is 10.1. The lowest BCUT2D eigenvalue weighted by molar-refractivity contribution is -0.136. The number of anilines is 3. The van der Waals surface area contributed by atoms with Crippen LogP contribution in [-0.2, 0) is 6.18 Å². The molecule has 0 bridgehead atoms. The summed E-state index contributed by atoms with van der Waals surface area (Å²) in [6, 6.07) is 9.01. The maximum atomic E-state index is 12.8. The maximum Gasteiger partial charge on any atom is 0.418 e. The zero-order valence-corrected chi connectivity index (χ0v) is 11.6. The number of nitrogens with one attached hydrogen (secondary N) is 1. The predicted molar refractivity (Wildman–Crippen MR) is 76.9 cm³/mol. The van der Waals surface area contributed by atoms with E-state index in [9.17, 15) is 13.2 Å². The average molecular weight is 296 g/mol. The maximum absolute atomic E-state index is 12.8. The van der Waals surface area contributed by atoms with Crippen LogP contribution in [0.15, 0.2) is 36.4 Å². The number of nitrogens with two attached hydrogens (primary N) is 1. The molecule has 0 aliphatic carbocycles. The van der Waals surface area contributed by atoms with Crippen molar-refractivity contribution in [3.8, 4) is 5.75 Å². The first kappa shape index (κ1) is 15.0. The lowest BCUT2D eigenvalue weighted by Gasteiger charge is -2.14. The minimum Gasteiger partial charge on any atom is -0.496 e. The molecule has 6 heteroatoms. The van der Waals surface area contributed by atoms with Crippen molar-refractivity contribution < 1.29 is 17.9 Å². The Hall–Kier alpha value is -2.37. The summed E-state index contributed by atoms with van der Waals surface area (Å²) < 4.78 is 43.6. The number of alkyl halides is 3. The minimum absolute atomic E-state index is 0.293. The van der Waals surface area contributed by atoms with E-state index in [2.05, 4.69) is 5.32 Å². The van der Waals surface area contributed by atoms with Crippen molar-refractivity contribution >= 4 is 17.1 Å². The minimum atomic E-state index is -4.47. The molecule has 0 amide bonds. The molecule has 3 N–H and O–H groups in total. The van der Waals surface area contributed by atoms with Gasteiger partial charge in [0.2, 0.25) is 0 Å². The zero-order valence-electron chi connectivity index (χ0n) is 11.6. The topological polar surface area (TPSA) is 47.3 Å². The number of halogens is 3. The Labute approximate surface area is 120 Å². The fourth-order valence-corrected chi connectivity index (χ4v) is 2.00. The van der Waals surface area contributed by atoms with Gasteiger partial charge in [-0.3, -0.25) is 0 Å². The highest BCUT2D eigenvalue weighted by atomic mass is 19.4. The van der Waals surface area contributed by atoms with Crippen LogP contribution in [-0.4, -0.2) is 7.11 Å². The molecule has 0 saturated heterocycles. The highest BCUT2D eigenvalue weighted by molar-refractivity contribution is 5.66. The van der Waals surface area contributed by atoms with Crippen LogP contribution < -0.4 is 15.8 Å². The number of methoxy groups -OCH3 is 1. The van der Waals surface area contributed by atoms with Crippen LogP contribution >= 0.6 is 0 Å². The van der Waals surface area contributed by atoms with Crippen LogP contribution in [0.4, 0.5) is 30.2 Å². The van der Waals surface area contributed by atoms with Gasteiger partial charge in [0.05, 0.1) is 12.7 Å². The molecule has 3 nitrogen and oxygen atoms in total. The molecule has 0 spiro atoms. The molecule has 0 aliphatic heterocycles. The summed E-state index contributed by atoms with van der Waals surface area (Å²) in [4.78, 5) is 0. The van der Waals surface area contributed by atoms with Crippen LogP contribution in [0.2, 0.25) is 0 Å². The van der Waals surface area contributed by atoms with Crippen molar-refractivity contribution in [2.75, 3.05) is 18.2 Å². The SMILES string of the molecule is COc1ccc(Nc2ccc(N)c(C(F)(F)F)c2)cc1C. The van der Waals surface area contributed by atoms with Gasteiger partial charge in [-0.25, -0.2) is 0 Å². The summed E-state index contributed by atoms with van der Waals surface area (Å²) in [7, 11) is 1.56. The van der Waals surface area contributed by atoms with E-state index in [1.807, 2.05) is 6.92 Å². The molecular formula is C15H15F3N2O. The Bertz CT molecular complexity index is 654. The highest BCUT2D eigenvalue weighted by Crippen LogP contribution is 2.36. The third kappa shape index (κ3) is 3.39. The quantitative estimate of drug-likeness (QED) is 0.828. The van der Waals surface area contributed by atoms with Crippen LogP contribution in [0.1, 0.15) is 11.1 Å². The van der Waals surface area contributed by atoms with Crippen LogP contribution in [0.3, 0.4) is 0 Å². The molecule has 2 aromatic carbocycles. The fourth-order valence-electron chi connectivity index (χ4n) is 2.00. The van der Waals surface area contributed by atoms with Gasteiger partial charge in [-0.1, -0.05) is 0 Å². The van der Waals surface area contributed by atoms with E-state index in [-0.39, 0.29) is 5.69 Å². The van der Waals surface area contributed by atoms with Gasteiger partial charge in [-0.2, -0.15) is 13.2 Å². The molecular weight excluding hydrogens is 281 g/mol. The Morgan fingerprint density at radius 2 is 1.67 bits per heavy atom. The van der Waals surface area contributed by atoms with E-state index in [0.29, 0.717) is 17.1 Å². The summed E-state index contributed by atoms with van der Waals surface area (Å²) in [6.45, 7) is 1.86. The lowest BCUT2D eigenvalue weighted by Crippen LogP contribution is -2.09. The third-order valence-electron chi connectivity index (χ3n) is 3.04. The Kier molecular flexibility index (Phi) is 3.97. The van der Waals surface area contributed by atoms with Crippen LogP contribution in [0, 0.1) is 6.92 Å². The molecule has 0 unspecified atom stereocenters. The van der Waals surface area contributed by atoms with Crippen molar-refractivity contribution in [3.63, 3.8) is 0 Å². The van der Waals surface area contributed by atoms with E-state index < -0.39 is 11.7 Å². The largest absolute Gasteiger partial charge is 0.496 e. The molecule has 0 fully saturated rings. The molecule has 112 valence electrons. The number of rotatable bonds is 3. The van der Waals surface area contributed by atoms with Gasteiger partial charge in [-0.15, -0.1) is 0 Å². The van der Waals surface area contributed by atoms with E-state index in [1.165, 1.54) is 12.1 Å². The van der Waals surface area contributed by atoms with Gasteiger partial charge in [0.1, 0.15) is 5.75 Å². The van der Waals surface area contributed by atoms with Gasteiger partial charge < -0.3 is 15.8 Å². The number of hydrogen-bond acceptors (Lipinski definition) is 3. The zero-order chi connectivity index (χ0) is 15.6. The third-order valence-corrected chi connectivity index (χ3v) is 3.04. The molecule has 0 atom stereocenters. The predicted octanol–water partition coefficient (Wildman–Crippen LogP) is 4.35. The van der Waals surface area contributed by atoms with Gasteiger partial charge in [-0.05, 0) is 48.9 Å². The molecule has 21 heavy (non-hydrogen) atoms. The molecule has 0 aliphatic rings. The number of benzene rings is 2. The Morgan fingerprint density at radius 1 is 1.05 bits per heavy atom. The molecule has 0 heterocycles. The summed E-state index contributed by atoms with van der Waals surface area (Å²) in [5.74, 6) is 0.717. The first-order valence-corrected chi connectivity index (χ1v) is 6.19. The highest BCUT2D eigenvalue weighted by Gasteiger charge is 2.33. The van der Waals surface area contributed by atoms with E-state index >= 15 is 0 Å². The normalized spacial score (nSPS) is 11.3. The van der Waals surface area contributed by atoms with Crippen LogP contribution in [0.25, 0.3) is 0 Å².